The average molecular weight is 289 g/mol. The molecule has 1 heterocycles. The molecule has 114 valence electrons. The third-order valence-electron chi connectivity index (χ3n) is 3.93. The highest BCUT2D eigenvalue weighted by atomic mass is 16.2. The zero-order valence-corrected chi connectivity index (χ0v) is 12.9. The molecule has 1 unspecified atom stereocenters. The van der Waals surface area contributed by atoms with Gasteiger partial charge in [-0.15, -0.1) is 0 Å². The lowest BCUT2D eigenvalue weighted by molar-refractivity contribution is -0.148. The number of benzene rings is 1. The molecule has 0 spiro atoms. The third kappa shape index (κ3) is 3.61. The lowest BCUT2D eigenvalue weighted by Crippen LogP contribution is -2.53. The molecule has 2 amide bonds. The van der Waals surface area contributed by atoms with Gasteiger partial charge in [0.15, 0.2) is 0 Å². The van der Waals surface area contributed by atoms with E-state index in [2.05, 4.69) is 26.0 Å². The maximum absolute atomic E-state index is 11.9. The second-order valence-electron chi connectivity index (χ2n) is 5.95. The zero-order valence-electron chi connectivity index (χ0n) is 12.9. The number of hydrogen-bond donors (Lipinski definition) is 1. The highest BCUT2D eigenvalue weighted by molar-refractivity contribution is 5.92. The van der Waals surface area contributed by atoms with Gasteiger partial charge in [0.05, 0.1) is 13.1 Å². The van der Waals surface area contributed by atoms with Crippen LogP contribution in [0.1, 0.15) is 36.9 Å². The van der Waals surface area contributed by atoms with Gasteiger partial charge in [0.25, 0.3) is 0 Å². The number of nitrogens with two attached hydrogens (primary N) is 1. The van der Waals surface area contributed by atoms with Crippen LogP contribution < -0.4 is 5.73 Å². The van der Waals surface area contributed by atoms with Gasteiger partial charge in [0.1, 0.15) is 0 Å². The van der Waals surface area contributed by atoms with Crippen molar-refractivity contribution in [2.45, 2.75) is 25.8 Å². The molecule has 1 saturated heterocycles. The number of likely N-dealkylation sites (N-methyl/N-ethyl adjacent to an activating group) is 1. The summed E-state index contributed by atoms with van der Waals surface area (Å²) in [6.45, 7) is 4.91. The van der Waals surface area contributed by atoms with Gasteiger partial charge in [0.2, 0.25) is 11.8 Å². The van der Waals surface area contributed by atoms with Gasteiger partial charge in [-0.05, 0) is 17.0 Å². The van der Waals surface area contributed by atoms with Crippen LogP contribution in [0.4, 0.5) is 0 Å². The number of amides is 2. The number of carbonyl (C=O) groups is 2. The Kier molecular flexibility index (Phi) is 4.63. The molecular weight excluding hydrogens is 266 g/mol. The molecule has 0 aliphatic carbocycles. The second-order valence-corrected chi connectivity index (χ2v) is 5.95. The first-order valence-corrected chi connectivity index (χ1v) is 7.25. The van der Waals surface area contributed by atoms with E-state index in [0.29, 0.717) is 12.5 Å². The SMILES string of the molecule is CC(C)c1ccc(C(N)CN2CC(=O)N(C)CC2=O)cc1. The quantitative estimate of drug-likeness (QED) is 0.903. The van der Waals surface area contributed by atoms with Crippen LogP contribution in [0.2, 0.25) is 0 Å². The van der Waals surface area contributed by atoms with Gasteiger partial charge in [-0.2, -0.15) is 0 Å². The monoisotopic (exact) mass is 289 g/mol. The predicted molar refractivity (Wildman–Crippen MR) is 81.7 cm³/mol. The van der Waals surface area contributed by atoms with Gasteiger partial charge in [-0.25, -0.2) is 0 Å². The molecule has 2 N–H and O–H groups in total. The summed E-state index contributed by atoms with van der Waals surface area (Å²) in [4.78, 5) is 26.6. The minimum absolute atomic E-state index is 0.0445. The Labute approximate surface area is 125 Å². The Morgan fingerprint density at radius 3 is 2.19 bits per heavy atom. The molecule has 1 aliphatic heterocycles. The maximum atomic E-state index is 11.9. The first-order valence-electron chi connectivity index (χ1n) is 7.25. The molecule has 0 aromatic heterocycles. The van der Waals surface area contributed by atoms with Gasteiger partial charge >= 0.3 is 0 Å². The summed E-state index contributed by atoms with van der Waals surface area (Å²) < 4.78 is 0. The van der Waals surface area contributed by atoms with Crippen LogP contribution in [0.5, 0.6) is 0 Å². The summed E-state index contributed by atoms with van der Waals surface area (Å²) in [7, 11) is 1.64. The number of nitrogens with zero attached hydrogens (tertiary/aromatic N) is 2. The molecule has 5 heteroatoms. The zero-order chi connectivity index (χ0) is 15.6. The lowest BCUT2D eigenvalue weighted by atomic mass is 9.99. The van der Waals surface area contributed by atoms with Crippen molar-refractivity contribution in [3.8, 4) is 0 Å². The minimum atomic E-state index is -0.272. The van der Waals surface area contributed by atoms with Crippen molar-refractivity contribution in [3.63, 3.8) is 0 Å². The molecule has 1 aromatic carbocycles. The van der Waals surface area contributed by atoms with E-state index in [1.165, 1.54) is 10.5 Å². The predicted octanol–water partition coefficient (Wildman–Crippen LogP) is 1.11. The van der Waals surface area contributed by atoms with E-state index >= 15 is 0 Å². The van der Waals surface area contributed by atoms with Crippen molar-refractivity contribution < 1.29 is 9.59 Å². The smallest absolute Gasteiger partial charge is 0.242 e. The van der Waals surface area contributed by atoms with Crippen LogP contribution in [0.25, 0.3) is 0 Å². The molecule has 2 rings (SSSR count). The fraction of sp³-hybridized carbons (Fsp3) is 0.500. The van der Waals surface area contributed by atoms with Crippen molar-refractivity contribution in [3.05, 3.63) is 35.4 Å². The van der Waals surface area contributed by atoms with Crippen LogP contribution in [0, 0.1) is 0 Å². The van der Waals surface area contributed by atoms with Crippen molar-refractivity contribution >= 4 is 11.8 Å². The Balaban J connectivity index is 2.02. The highest BCUT2D eigenvalue weighted by Crippen LogP contribution is 2.19. The maximum Gasteiger partial charge on any atom is 0.242 e. The molecule has 5 nitrogen and oxygen atoms in total. The van der Waals surface area contributed by atoms with Gasteiger partial charge in [-0.1, -0.05) is 38.1 Å². The van der Waals surface area contributed by atoms with E-state index in [1.807, 2.05) is 12.1 Å². The van der Waals surface area contributed by atoms with Crippen LogP contribution in [-0.2, 0) is 9.59 Å². The van der Waals surface area contributed by atoms with Crippen LogP contribution in [0.15, 0.2) is 24.3 Å². The van der Waals surface area contributed by atoms with E-state index < -0.39 is 0 Å². The van der Waals surface area contributed by atoms with Gasteiger partial charge in [0, 0.05) is 19.6 Å². The van der Waals surface area contributed by atoms with E-state index in [4.69, 9.17) is 5.73 Å². The standard InChI is InChI=1S/C16H23N3O2/c1-11(2)12-4-6-13(7-5-12)14(17)8-19-10-15(20)18(3)9-16(19)21/h4-7,11,14H,8-10,17H2,1-3H3. The van der Waals surface area contributed by atoms with Crippen molar-refractivity contribution in [2.24, 2.45) is 5.73 Å². The molecular formula is C16H23N3O2. The van der Waals surface area contributed by atoms with Crippen molar-refractivity contribution in [2.75, 3.05) is 26.7 Å². The summed E-state index contributed by atoms with van der Waals surface area (Å²) in [5.74, 6) is 0.385. The highest BCUT2D eigenvalue weighted by Gasteiger charge is 2.28. The van der Waals surface area contributed by atoms with Crippen LogP contribution in [-0.4, -0.2) is 48.3 Å². The Hall–Kier alpha value is -1.88. The van der Waals surface area contributed by atoms with Gasteiger partial charge in [-0.3, -0.25) is 9.59 Å². The Bertz CT molecular complexity index is 525. The summed E-state index contributed by atoms with van der Waals surface area (Å²) >= 11 is 0. The molecule has 1 aliphatic rings. The first-order chi connectivity index (χ1) is 9.88. The van der Waals surface area contributed by atoms with E-state index in [0.717, 1.165) is 5.56 Å². The molecule has 1 atom stereocenters. The minimum Gasteiger partial charge on any atom is -0.335 e. The summed E-state index contributed by atoms with van der Waals surface area (Å²) in [6.07, 6.45) is 0. The topological polar surface area (TPSA) is 66.6 Å². The summed E-state index contributed by atoms with van der Waals surface area (Å²) in [5, 5.41) is 0. The summed E-state index contributed by atoms with van der Waals surface area (Å²) in [6, 6.07) is 7.87. The van der Waals surface area contributed by atoms with E-state index in [1.54, 1.807) is 11.9 Å². The molecule has 0 bridgehead atoms. The van der Waals surface area contributed by atoms with E-state index in [9.17, 15) is 9.59 Å². The molecule has 1 fully saturated rings. The summed E-state index contributed by atoms with van der Waals surface area (Å²) in [5.41, 5.74) is 8.42. The normalized spacial score (nSPS) is 17.6. The van der Waals surface area contributed by atoms with Gasteiger partial charge < -0.3 is 15.5 Å². The number of rotatable bonds is 4. The van der Waals surface area contributed by atoms with E-state index in [-0.39, 0.29) is 30.9 Å². The number of hydrogen-bond acceptors (Lipinski definition) is 3. The number of carbonyl (C=O) groups excluding carboxylic acids is 2. The fourth-order valence-electron chi connectivity index (χ4n) is 2.40. The van der Waals surface area contributed by atoms with Crippen molar-refractivity contribution in [1.82, 2.24) is 9.80 Å². The molecule has 0 radical (unpaired) electrons. The molecule has 21 heavy (non-hydrogen) atoms. The Morgan fingerprint density at radius 2 is 1.62 bits per heavy atom. The Morgan fingerprint density at radius 1 is 1.05 bits per heavy atom. The first kappa shape index (κ1) is 15.5. The third-order valence-corrected chi connectivity index (χ3v) is 3.93. The molecule has 0 saturated carbocycles. The average Bonchev–Trinajstić information content (AvgIpc) is 2.44. The number of piperazine rings is 1. The van der Waals surface area contributed by atoms with Crippen LogP contribution >= 0.6 is 0 Å². The largest absolute Gasteiger partial charge is 0.335 e. The molecule has 1 aromatic rings. The van der Waals surface area contributed by atoms with Crippen molar-refractivity contribution in [1.29, 1.82) is 0 Å². The second kappa shape index (κ2) is 6.26. The lowest BCUT2D eigenvalue weighted by Gasteiger charge is -2.33. The van der Waals surface area contributed by atoms with Crippen LogP contribution in [0.3, 0.4) is 0 Å². The fourth-order valence-corrected chi connectivity index (χ4v) is 2.40.